The van der Waals surface area contributed by atoms with Crippen molar-refractivity contribution < 1.29 is 23.5 Å². The number of halogens is 3. The van der Waals surface area contributed by atoms with Crippen LogP contribution in [0.15, 0.2) is 12.1 Å². The van der Waals surface area contributed by atoms with Gasteiger partial charge in [-0.1, -0.05) is 23.2 Å². The molecular formula is C12H11Cl2FN2O4. The highest BCUT2D eigenvalue weighted by atomic mass is 35.5. The van der Waals surface area contributed by atoms with E-state index in [1.165, 1.54) is 14.0 Å². The molecular weight excluding hydrogens is 326 g/mol. The number of imide groups is 1. The SMILES string of the molecule is CNC(=O)NC(=O)[C@H](C)OC(=O)c1cc(F)c(Cl)cc1Cl. The summed E-state index contributed by atoms with van der Waals surface area (Å²) >= 11 is 11.2. The lowest BCUT2D eigenvalue weighted by atomic mass is 10.2. The molecule has 0 saturated carbocycles. The maximum atomic E-state index is 13.3. The number of hydrogen-bond acceptors (Lipinski definition) is 4. The highest BCUT2D eigenvalue weighted by Crippen LogP contribution is 2.25. The number of carbonyl (C=O) groups excluding carboxylic acids is 3. The molecule has 9 heteroatoms. The molecule has 0 radical (unpaired) electrons. The number of esters is 1. The molecule has 1 rings (SSSR count). The van der Waals surface area contributed by atoms with Gasteiger partial charge in [-0.05, 0) is 19.1 Å². The lowest BCUT2D eigenvalue weighted by molar-refractivity contribution is -0.127. The standard InChI is InChI=1S/C12H11Cl2FN2O4/c1-5(10(18)17-12(20)16-2)21-11(19)6-3-9(15)8(14)4-7(6)13/h3-5H,1-2H3,(H2,16,17,18,20)/t5-/m0/s1. The Kier molecular flexibility index (Phi) is 5.92. The van der Waals surface area contributed by atoms with Gasteiger partial charge < -0.3 is 10.1 Å². The normalized spacial score (nSPS) is 11.5. The quantitative estimate of drug-likeness (QED) is 0.654. The van der Waals surface area contributed by atoms with Gasteiger partial charge in [0.2, 0.25) is 0 Å². The Morgan fingerprint density at radius 2 is 1.86 bits per heavy atom. The van der Waals surface area contributed by atoms with Crippen molar-refractivity contribution in [1.29, 1.82) is 0 Å². The van der Waals surface area contributed by atoms with Crippen LogP contribution in [0.3, 0.4) is 0 Å². The Morgan fingerprint density at radius 1 is 1.24 bits per heavy atom. The summed E-state index contributed by atoms with van der Waals surface area (Å²) in [6, 6.07) is 1.10. The first kappa shape index (κ1) is 17.2. The summed E-state index contributed by atoms with van der Waals surface area (Å²) in [4.78, 5) is 34.3. The highest BCUT2D eigenvalue weighted by Gasteiger charge is 2.22. The summed E-state index contributed by atoms with van der Waals surface area (Å²) < 4.78 is 18.1. The molecule has 1 aromatic rings. The van der Waals surface area contributed by atoms with Crippen LogP contribution < -0.4 is 10.6 Å². The van der Waals surface area contributed by atoms with E-state index in [1.807, 2.05) is 5.32 Å². The topological polar surface area (TPSA) is 84.5 Å². The monoisotopic (exact) mass is 336 g/mol. The summed E-state index contributed by atoms with van der Waals surface area (Å²) in [5.41, 5.74) is -0.279. The lowest BCUT2D eigenvalue weighted by Gasteiger charge is -2.13. The zero-order chi connectivity index (χ0) is 16.2. The minimum atomic E-state index is -1.27. The van der Waals surface area contributed by atoms with Gasteiger partial charge in [-0.2, -0.15) is 0 Å². The third-order valence-electron chi connectivity index (χ3n) is 2.35. The number of nitrogens with one attached hydrogen (secondary N) is 2. The number of benzene rings is 1. The van der Waals surface area contributed by atoms with Crippen molar-refractivity contribution in [3.63, 3.8) is 0 Å². The van der Waals surface area contributed by atoms with Crippen molar-refractivity contribution in [2.24, 2.45) is 0 Å². The lowest BCUT2D eigenvalue weighted by Crippen LogP contribution is -2.43. The van der Waals surface area contributed by atoms with Gasteiger partial charge >= 0.3 is 12.0 Å². The van der Waals surface area contributed by atoms with Crippen LogP contribution in [0.4, 0.5) is 9.18 Å². The van der Waals surface area contributed by atoms with Crippen LogP contribution in [0.5, 0.6) is 0 Å². The number of rotatable bonds is 3. The molecule has 21 heavy (non-hydrogen) atoms. The van der Waals surface area contributed by atoms with Gasteiger partial charge in [0.1, 0.15) is 5.82 Å². The molecule has 114 valence electrons. The molecule has 2 N–H and O–H groups in total. The second-order valence-corrected chi connectivity index (χ2v) is 4.68. The second kappa shape index (κ2) is 7.24. The fraction of sp³-hybridized carbons (Fsp3) is 0.250. The van der Waals surface area contributed by atoms with Gasteiger partial charge in [-0.25, -0.2) is 14.0 Å². The van der Waals surface area contributed by atoms with E-state index in [0.717, 1.165) is 12.1 Å². The number of carbonyl (C=O) groups is 3. The molecule has 3 amide bonds. The van der Waals surface area contributed by atoms with Crippen molar-refractivity contribution >= 4 is 41.1 Å². The van der Waals surface area contributed by atoms with Crippen molar-refractivity contribution in [1.82, 2.24) is 10.6 Å². The summed E-state index contributed by atoms with van der Waals surface area (Å²) in [6.07, 6.45) is -1.27. The van der Waals surface area contributed by atoms with Crippen LogP contribution in [0.1, 0.15) is 17.3 Å². The first-order chi connectivity index (χ1) is 9.76. The fourth-order valence-corrected chi connectivity index (χ4v) is 1.69. The van der Waals surface area contributed by atoms with E-state index in [4.69, 9.17) is 27.9 Å². The van der Waals surface area contributed by atoms with Gasteiger partial charge in [-0.3, -0.25) is 10.1 Å². The van der Waals surface area contributed by atoms with E-state index in [0.29, 0.717) is 0 Å². The summed E-state index contributed by atoms with van der Waals surface area (Å²) in [5.74, 6) is -2.71. The van der Waals surface area contributed by atoms with Crippen molar-refractivity contribution in [2.75, 3.05) is 7.05 Å². The zero-order valence-corrected chi connectivity index (χ0v) is 12.5. The highest BCUT2D eigenvalue weighted by molar-refractivity contribution is 6.36. The van der Waals surface area contributed by atoms with Crippen molar-refractivity contribution in [3.05, 3.63) is 33.6 Å². The number of urea groups is 1. The van der Waals surface area contributed by atoms with Crippen LogP contribution in [-0.2, 0) is 9.53 Å². The van der Waals surface area contributed by atoms with Crippen LogP contribution >= 0.6 is 23.2 Å². The van der Waals surface area contributed by atoms with Crippen LogP contribution in [-0.4, -0.2) is 31.1 Å². The third-order valence-corrected chi connectivity index (χ3v) is 2.95. The summed E-state index contributed by atoms with van der Waals surface area (Å²) in [7, 11) is 1.32. The molecule has 0 unspecified atom stereocenters. The number of hydrogen-bond donors (Lipinski definition) is 2. The largest absolute Gasteiger partial charge is 0.449 e. The Labute approximate surface area is 129 Å². The van der Waals surface area contributed by atoms with Crippen LogP contribution in [0.2, 0.25) is 10.0 Å². The van der Waals surface area contributed by atoms with Crippen LogP contribution in [0.25, 0.3) is 0 Å². The average molecular weight is 337 g/mol. The summed E-state index contributed by atoms with van der Waals surface area (Å²) in [5, 5.41) is 3.72. The molecule has 0 saturated heterocycles. The van der Waals surface area contributed by atoms with Crippen molar-refractivity contribution in [2.45, 2.75) is 13.0 Å². The first-order valence-electron chi connectivity index (χ1n) is 5.64. The van der Waals surface area contributed by atoms with Gasteiger partial charge in [-0.15, -0.1) is 0 Å². The fourth-order valence-electron chi connectivity index (χ4n) is 1.23. The number of ether oxygens (including phenoxy) is 1. The molecule has 1 atom stereocenters. The molecule has 0 bridgehead atoms. The third kappa shape index (κ3) is 4.57. The van der Waals surface area contributed by atoms with E-state index < -0.39 is 29.8 Å². The predicted octanol–water partition coefficient (Wildman–Crippen LogP) is 2.13. The smallest absolute Gasteiger partial charge is 0.340 e. The maximum absolute atomic E-state index is 13.3. The van der Waals surface area contributed by atoms with Gasteiger partial charge in [0.15, 0.2) is 6.10 Å². The summed E-state index contributed by atoms with van der Waals surface area (Å²) in [6.45, 7) is 1.25. The Hall–Kier alpha value is -1.86. The van der Waals surface area contributed by atoms with Gasteiger partial charge in [0.25, 0.3) is 5.91 Å². The molecule has 0 heterocycles. The Morgan fingerprint density at radius 3 is 2.43 bits per heavy atom. The zero-order valence-electron chi connectivity index (χ0n) is 11.0. The Bertz CT molecular complexity index is 595. The Balaban J connectivity index is 2.79. The van der Waals surface area contributed by atoms with E-state index in [1.54, 1.807) is 0 Å². The molecule has 0 aliphatic rings. The van der Waals surface area contributed by atoms with Crippen LogP contribution in [0, 0.1) is 5.82 Å². The van der Waals surface area contributed by atoms with E-state index in [2.05, 4.69) is 5.32 Å². The van der Waals surface area contributed by atoms with Gasteiger partial charge in [0, 0.05) is 7.05 Å². The van der Waals surface area contributed by atoms with E-state index >= 15 is 0 Å². The molecule has 0 spiro atoms. The predicted molar refractivity (Wildman–Crippen MR) is 73.9 cm³/mol. The molecule has 1 aromatic carbocycles. The molecule has 0 aliphatic heterocycles. The second-order valence-electron chi connectivity index (χ2n) is 3.86. The number of amides is 3. The van der Waals surface area contributed by atoms with Gasteiger partial charge in [0.05, 0.1) is 15.6 Å². The minimum absolute atomic E-state index is 0.120. The average Bonchev–Trinajstić information content (AvgIpc) is 2.42. The van der Waals surface area contributed by atoms with Crippen molar-refractivity contribution in [3.8, 4) is 0 Å². The van der Waals surface area contributed by atoms with E-state index in [9.17, 15) is 18.8 Å². The minimum Gasteiger partial charge on any atom is -0.449 e. The maximum Gasteiger partial charge on any atom is 0.340 e. The first-order valence-corrected chi connectivity index (χ1v) is 6.40. The molecule has 6 nitrogen and oxygen atoms in total. The van der Waals surface area contributed by atoms with E-state index in [-0.39, 0.29) is 15.6 Å². The molecule has 0 aliphatic carbocycles. The molecule has 0 fully saturated rings. The molecule has 0 aromatic heterocycles.